The number of methoxy groups -OCH3 is 1. The highest BCUT2D eigenvalue weighted by Gasteiger charge is 2.35. The van der Waals surface area contributed by atoms with E-state index in [4.69, 9.17) is 4.74 Å². The number of nitrogens with one attached hydrogen (secondary N) is 1. The van der Waals surface area contributed by atoms with Crippen LogP contribution in [0.2, 0.25) is 0 Å². The Morgan fingerprint density at radius 3 is 2.72 bits per heavy atom. The Balaban J connectivity index is 2.28. The molecule has 98 valence electrons. The number of ether oxygens (including phenoxy) is 1. The number of Topliss-reactive ketones (excluding diaryl/α,β-unsaturated/α-hetero) is 1. The first kappa shape index (κ1) is 13.1. The van der Waals surface area contributed by atoms with Crippen LogP contribution in [0.4, 0.5) is 0 Å². The van der Waals surface area contributed by atoms with Gasteiger partial charge >= 0.3 is 0 Å². The van der Waals surface area contributed by atoms with Gasteiger partial charge in [-0.2, -0.15) is 0 Å². The SMILES string of the molecule is COc1ccc(C(=O)C2(C)CCCCN2)c(C)c1. The van der Waals surface area contributed by atoms with Gasteiger partial charge < -0.3 is 10.1 Å². The van der Waals surface area contributed by atoms with E-state index in [1.54, 1.807) is 7.11 Å². The van der Waals surface area contributed by atoms with Crippen LogP contribution in [0, 0.1) is 6.92 Å². The zero-order chi connectivity index (χ0) is 13.2. The summed E-state index contributed by atoms with van der Waals surface area (Å²) in [5.74, 6) is 0.994. The van der Waals surface area contributed by atoms with Crippen molar-refractivity contribution in [3.8, 4) is 5.75 Å². The number of benzene rings is 1. The van der Waals surface area contributed by atoms with Gasteiger partial charge in [0.05, 0.1) is 12.6 Å². The molecule has 0 bridgehead atoms. The second kappa shape index (κ2) is 5.11. The van der Waals surface area contributed by atoms with E-state index >= 15 is 0 Å². The third-order valence-electron chi connectivity index (χ3n) is 3.80. The molecule has 1 aromatic carbocycles. The molecule has 1 N–H and O–H groups in total. The lowest BCUT2D eigenvalue weighted by molar-refractivity contribution is 0.0834. The average Bonchev–Trinajstić information content (AvgIpc) is 2.38. The number of rotatable bonds is 3. The first-order valence-corrected chi connectivity index (χ1v) is 6.51. The summed E-state index contributed by atoms with van der Waals surface area (Å²) >= 11 is 0. The van der Waals surface area contributed by atoms with Crippen LogP contribution in [0.15, 0.2) is 18.2 Å². The van der Waals surface area contributed by atoms with Crippen molar-refractivity contribution in [1.82, 2.24) is 5.32 Å². The third kappa shape index (κ3) is 2.41. The normalized spacial score (nSPS) is 23.7. The van der Waals surface area contributed by atoms with Gasteiger partial charge in [0.2, 0.25) is 0 Å². The molecule has 1 aliphatic heterocycles. The molecule has 1 saturated heterocycles. The Bertz CT molecular complexity index is 448. The maximum absolute atomic E-state index is 12.6. The fraction of sp³-hybridized carbons (Fsp3) is 0.533. The van der Waals surface area contributed by atoms with E-state index in [0.29, 0.717) is 0 Å². The minimum absolute atomic E-state index is 0.197. The molecule has 3 heteroatoms. The number of hydrogen-bond acceptors (Lipinski definition) is 3. The highest BCUT2D eigenvalue weighted by atomic mass is 16.5. The van der Waals surface area contributed by atoms with Crippen molar-refractivity contribution in [2.24, 2.45) is 0 Å². The van der Waals surface area contributed by atoms with Gasteiger partial charge in [-0.15, -0.1) is 0 Å². The van der Waals surface area contributed by atoms with Gasteiger partial charge in [-0.3, -0.25) is 4.79 Å². The molecule has 1 aromatic rings. The highest BCUT2D eigenvalue weighted by Crippen LogP contribution is 2.26. The van der Waals surface area contributed by atoms with E-state index in [1.807, 2.05) is 32.0 Å². The molecule has 1 atom stereocenters. The van der Waals surface area contributed by atoms with Crippen molar-refractivity contribution in [3.63, 3.8) is 0 Å². The Kier molecular flexibility index (Phi) is 3.71. The van der Waals surface area contributed by atoms with E-state index in [-0.39, 0.29) is 5.78 Å². The molecule has 2 rings (SSSR count). The lowest BCUT2D eigenvalue weighted by Crippen LogP contribution is -2.52. The second-order valence-electron chi connectivity index (χ2n) is 5.23. The average molecular weight is 247 g/mol. The van der Waals surface area contributed by atoms with Crippen LogP contribution in [-0.2, 0) is 0 Å². The number of carbonyl (C=O) groups is 1. The van der Waals surface area contributed by atoms with Crippen molar-refractivity contribution in [2.75, 3.05) is 13.7 Å². The monoisotopic (exact) mass is 247 g/mol. The molecule has 0 saturated carbocycles. The fourth-order valence-electron chi connectivity index (χ4n) is 2.57. The van der Waals surface area contributed by atoms with Gasteiger partial charge in [0, 0.05) is 5.56 Å². The summed E-state index contributed by atoms with van der Waals surface area (Å²) in [6, 6.07) is 5.64. The highest BCUT2D eigenvalue weighted by molar-refractivity contribution is 6.04. The standard InChI is InChI=1S/C15H21NO2/c1-11-10-12(18-3)6-7-13(11)14(17)15(2)8-4-5-9-16-15/h6-7,10,16H,4-5,8-9H2,1-3H3. The Hall–Kier alpha value is -1.35. The number of aryl methyl sites for hydroxylation is 1. The Labute approximate surface area is 109 Å². The summed E-state index contributed by atoms with van der Waals surface area (Å²) in [7, 11) is 1.64. The zero-order valence-electron chi connectivity index (χ0n) is 11.4. The molecule has 0 spiro atoms. The van der Waals surface area contributed by atoms with Crippen LogP contribution in [0.5, 0.6) is 5.75 Å². The smallest absolute Gasteiger partial charge is 0.182 e. The molecule has 0 radical (unpaired) electrons. The lowest BCUT2D eigenvalue weighted by atomic mass is 9.82. The molecule has 1 aliphatic rings. The van der Waals surface area contributed by atoms with Crippen molar-refractivity contribution in [3.05, 3.63) is 29.3 Å². The van der Waals surface area contributed by atoms with Gasteiger partial charge in [-0.25, -0.2) is 0 Å². The Morgan fingerprint density at radius 1 is 1.39 bits per heavy atom. The van der Waals surface area contributed by atoms with Crippen LogP contribution in [-0.4, -0.2) is 25.0 Å². The summed E-state index contributed by atoms with van der Waals surface area (Å²) in [5.41, 5.74) is 1.37. The summed E-state index contributed by atoms with van der Waals surface area (Å²) in [6.45, 7) is 4.90. The Morgan fingerprint density at radius 2 is 2.17 bits per heavy atom. The summed E-state index contributed by atoms with van der Waals surface area (Å²) in [5, 5.41) is 3.37. The molecule has 1 heterocycles. The molecule has 1 fully saturated rings. The zero-order valence-corrected chi connectivity index (χ0v) is 11.4. The predicted molar refractivity (Wildman–Crippen MR) is 72.3 cm³/mol. The van der Waals surface area contributed by atoms with E-state index in [1.165, 1.54) is 0 Å². The molecular weight excluding hydrogens is 226 g/mol. The number of carbonyl (C=O) groups excluding carboxylic acids is 1. The topological polar surface area (TPSA) is 38.3 Å². The van der Waals surface area contributed by atoms with Gasteiger partial charge in [-0.1, -0.05) is 0 Å². The van der Waals surface area contributed by atoms with Crippen LogP contribution < -0.4 is 10.1 Å². The van der Waals surface area contributed by atoms with E-state index in [0.717, 1.165) is 42.7 Å². The molecule has 3 nitrogen and oxygen atoms in total. The minimum atomic E-state index is -0.405. The molecule has 0 amide bonds. The van der Waals surface area contributed by atoms with Crippen LogP contribution >= 0.6 is 0 Å². The van der Waals surface area contributed by atoms with Gasteiger partial charge in [0.15, 0.2) is 5.78 Å². The first-order chi connectivity index (χ1) is 8.57. The minimum Gasteiger partial charge on any atom is -0.497 e. The molecule has 0 aliphatic carbocycles. The second-order valence-corrected chi connectivity index (χ2v) is 5.23. The third-order valence-corrected chi connectivity index (χ3v) is 3.80. The molecule has 18 heavy (non-hydrogen) atoms. The molecule has 0 aromatic heterocycles. The van der Waals surface area contributed by atoms with Crippen LogP contribution in [0.3, 0.4) is 0 Å². The van der Waals surface area contributed by atoms with Crippen molar-refractivity contribution in [1.29, 1.82) is 0 Å². The first-order valence-electron chi connectivity index (χ1n) is 6.51. The van der Waals surface area contributed by atoms with Crippen molar-refractivity contribution < 1.29 is 9.53 Å². The van der Waals surface area contributed by atoms with Crippen LogP contribution in [0.25, 0.3) is 0 Å². The van der Waals surface area contributed by atoms with Gasteiger partial charge in [-0.05, 0) is 63.4 Å². The van der Waals surface area contributed by atoms with E-state index in [9.17, 15) is 4.79 Å². The number of hydrogen-bond donors (Lipinski definition) is 1. The number of piperidine rings is 1. The van der Waals surface area contributed by atoms with E-state index < -0.39 is 5.54 Å². The van der Waals surface area contributed by atoms with Gasteiger partial charge in [0.1, 0.15) is 5.75 Å². The lowest BCUT2D eigenvalue weighted by Gasteiger charge is -2.34. The fourth-order valence-corrected chi connectivity index (χ4v) is 2.57. The summed E-state index contributed by atoms with van der Waals surface area (Å²) in [6.07, 6.45) is 3.19. The number of ketones is 1. The maximum Gasteiger partial charge on any atom is 0.182 e. The van der Waals surface area contributed by atoms with E-state index in [2.05, 4.69) is 5.32 Å². The quantitative estimate of drug-likeness (QED) is 0.835. The largest absolute Gasteiger partial charge is 0.497 e. The maximum atomic E-state index is 12.6. The van der Waals surface area contributed by atoms with Crippen molar-refractivity contribution in [2.45, 2.75) is 38.6 Å². The summed E-state index contributed by atoms with van der Waals surface area (Å²) < 4.78 is 5.17. The molecule has 1 unspecified atom stereocenters. The predicted octanol–water partition coefficient (Wildman–Crippen LogP) is 2.72. The van der Waals surface area contributed by atoms with Crippen LogP contribution in [0.1, 0.15) is 42.1 Å². The van der Waals surface area contributed by atoms with Crippen molar-refractivity contribution >= 4 is 5.78 Å². The summed E-state index contributed by atoms with van der Waals surface area (Å²) in [4.78, 5) is 12.6. The molecular formula is C15H21NO2. The van der Waals surface area contributed by atoms with Gasteiger partial charge in [0.25, 0.3) is 0 Å².